The first-order chi connectivity index (χ1) is 11.6. The van der Waals surface area contributed by atoms with Gasteiger partial charge in [0, 0.05) is 17.0 Å². The van der Waals surface area contributed by atoms with Crippen LogP contribution in [0.3, 0.4) is 0 Å². The smallest absolute Gasteiger partial charge is 0.207 e. The van der Waals surface area contributed by atoms with E-state index in [0.717, 1.165) is 22.9 Å². The molecule has 3 nitrogen and oxygen atoms in total. The summed E-state index contributed by atoms with van der Waals surface area (Å²) in [5.74, 6) is -0.473. The minimum absolute atomic E-state index is 0.0598. The van der Waals surface area contributed by atoms with E-state index in [9.17, 15) is 12.8 Å². The highest BCUT2D eigenvalue weighted by molar-refractivity contribution is 7.91. The number of sulfone groups is 1. The van der Waals surface area contributed by atoms with E-state index < -0.39 is 15.7 Å². The summed E-state index contributed by atoms with van der Waals surface area (Å²) in [5.41, 5.74) is 0.635. The summed E-state index contributed by atoms with van der Waals surface area (Å²) in [4.78, 5) is 4.60. The molecule has 0 fully saturated rings. The zero-order chi connectivity index (χ0) is 16.7. The van der Waals surface area contributed by atoms with Crippen molar-refractivity contribution in [2.45, 2.75) is 9.79 Å². The Morgan fingerprint density at radius 3 is 2.33 bits per heavy atom. The Morgan fingerprint density at radius 1 is 0.792 bits per heavy atom. The van der Waals surface area contributed by atoms with Crippen LogP contribution in [0.15, 0.2) is 82.7 Å². The lowest BCUT2D eigenvalue weighted by molar-refractivity contribution is 0.595. The number of hydrogen-bond acceptors (Lipinski definition) is 3. The molecule has 5 heteroatoms. The highest BCUT2D eigenvalue weighted by Gasteiger charge is 2.21. The molecule has 118 valence electrons. The Balaban J connectivity index is 2.03. The highest BCUT2D eigenvalue weighted by atomic mass is 32.2. The van der Waals surface area contributed by atoms with Gasteiger partial charge in [0.05, 0.1) is 15.3 Å². The molecule has 0 bridgehead atoms. The molecule has 1 heterocycles. The van der Waals surface area contributed by atoms with Gasteiger partial charge in [0.25, 0.3) is 0 Å². The third-order valence-corrected chi connectivity index (χ3v) is 5.84. The molecular formula is C19H12FNO2S. The summed E-state index contributed by atoms with van der Waals surface area (Å²) in [5, 5.41) is 2.44. The van der Waals surface area contributed by atoms with Gasteiger partial charge in [-0.2, -0.15) is 0 Å². The minimum atomic E-state index is -3.76. The molecule has 0 aliphatic rings. The van der Waals surface area contributed by atoms with Crippen LogP contribution >= 0.6 is 0 Å². The number of rotatable bonds is 2. The van der Waals surface area contributed by atoms with Crippen LogP contribution in [0.2, 0.25) is 0 Å². The maximum Gasteiger partial charge on any atom is 0.207 e. The molecule has 4 aromatic rings. The van der Waals surface area contributed by atoms with Crippen LogP contribution in [0.1, 0.15) is 0 Å². The van der Waals surface area contributed by atoms with Crippen LogP contribution in [0, 0.1) is 5.82 Å². The van der Waals surface area contributed by atoms with Crippen LogP contribution < -0.4 is 0 Å². The van der Waals surface area contributed by atoms with Gasteiger partial charge in [0.1, 0.15) is 5.82 Å². The average molecular weight is 337 g/mol. The van der Waals surface area contributed by atoms with Crippen molar-refractivity contribution in [3.63, 3.8) is 0 Å². The Labute approximate surface area is 138 Å². The van der Waals surface area contributed by atoms with Crippen molar-refractivity contribution in [3.05, 3.63) is 78.7 Å². The fourth-order valence-corrected chi connectivity index (χ4v) is 4.28. The maximum atomic E-state index is 13.1. The van der Waals surface area contributed by atoms with E-state index in [1.54, 1.807) is 6.07 Å². The first kappa shape index (κ1) is 14.8. The molecule has 1 aromatic heterocycles. The molecule has 0 atom stereocenters. The normalized spacial score (nSPS) is 11.9. The lowest BCUT2D eigenvalue weighted by Gasteiger charge is -2.09. The van der Waals surface area contributed by atoms with E-state index in [1.165, 1.54) is 24.4 Å². The first-order valence-electron chi connectivity index (χ1n) is 7.34. The van der Waals surface area contributed by atoms with E-state index in [2.05, 4.69) is 4.98 Å². The second kappa shape index (κ2) is 5.39. The largest absolute Gasteiger partial charge is 0.256 e. The summed E-state index contributed by atoms with van der Waals surface area (Å²) in [6, 6.07) is 17.7. The van der Waals surface area contributed by atoms with Gasteiger partial charge in [0.15, 0.2) is 0 Å². The quantitative estimate of drug-likeness (QED) is 0.403. The van der Waals surface area contributed by atoms with Crippen LogP contribution in [0.25, 0.3) is 21.7 Å². The summed E-state index contributed by atoms with van der Waals surface area (Å²) in [6.45, 7) is 0. The van der Waals surface area contributed by atoms with E-state index >= 15 is 0 Å². The van der Waals surface area contributed by atoms with Crippen molar-refractivity contribution in [2.24, 2.45) is 0 Å². The van der Waals surface area contributed by atoms with Crippen molar-refractivity contribution in [1.82, 2.24) is 4.98 Å². The zero-order valence-electron chi connectivity index (χ0n) is 12.5. The molecule has 0 amide bonds. The van der Waals surface area contributed by atoms with Crippen molar-refractivity contribution < 1.29 is 12.8 Å². The van der Waals surface area contributed by atoms with Gasteiger partial charge in [-0.15, -0.1) is 0 Å². The fourth-order valence-electron chi connectivity index (χ4n) is 2.84. The molecule has 0 aliphatic heterocycles. The van der Waals surface area contributed by atoms with E-state index in [-0.39, 0.29) is 9.79 Å². The number of fused-ring (bicyclic) bond motifs is 3. The molecule has 0 aliphatic carbocycles. The summed E-state index contributed by atoms with van der Waals surface area (Å²) >= 11 is 0. The lowest BCUT2D eigenvalue weighted by Crippen LogP contribution is -2.03. The maximum absolute atomic E-state index is 13.1. The first-order valence-corrected chi connectivity index (χ1v) is 8.83. The molecule has 0 saturated carbocycles. The Hall–Kier alpha value is -2.79. The Kier molecular flexibility index (Phi) is 3.32. The van der Waals surface area contributed by atoms with E-state index in [4.69, 9.17) is 0 Å². The minimum Gasteiger partial charge on any atom is -0.256 e. The molecular weight excluding hydrogens is 325 g/mol. The SMILES string of the molecule is O=S(=O)(c1ccc(F)cc1)c1ccnc2c1ccc1ccccc12. The van der Waals surface area contributed by atoms with Gasteiger partial charge in [-0.25, -0.2) is 12.8 Å². The predicted octanol–water partition coefficient (Wildman–Crippen LogP) is 4.36. The average Bonchev–Trinajstić information content (AvgIpc) is 2.61. The second-order valence-corrected chi connectivity index (χ2v) is 7.37. The van der Waals surface area contributed by atoms with Crippen LogP contribution in [0.4, 0.5) is 4.39 Å². The van der Waals surface area contributed by atoms with E-state index in [0.29, 0.717) is 10.9 Å². The number of halogens is 1. The number of hydrogen-bond donors (Lipinski definition) is 0. The molecule has 0 saturated heterocycles. The highest BCUT2D eigenvalue weighted by Crippen LogP contribution is 2.31. The van der Waals surface area contributed by atoms with Gasteiger partial charge in [-0.05, 0) is 35.7 Å². The summed E-state index contributed by atoms with van der Waals surface area (Å²) < 4.78 is 39.0. The topological polar surface area (TPSA) is 47.0 Å². The second-order valence-electron chi connectivity index (χ2n) is 5.45. The van der Waals surface area contributed by atoms with Gasteiger partial charge >= 0.3 is 0 Å². The van der Waals surface area contributed by atoms with Gasteiger partial charge in [-0.3, -0.25) is 4.98 Å². The van der Waals surface area contributed by atoms with Gasteiger partial charge in [-0.1, -0.05) is 36.4 Å². The molecule has 3 aromatic carbocycles. The zero-order valence-corrected chi connectivity index (χ0v) is 13.3. The van der Waals surface area contributed by atoms with Crippen molar-refractivity contribution in [2.75, 3.05) is 0 Å². The fraction of sp³-hybridized carbons (Fsp3) is 0. The Bertz CT molecular complexity index is 1170. The molecule has 0 spiro atoms. The third kappa shape index (κ3) is 2.25. The summed E-state index contributed by atoms with van der Waals surface area (Å²) in [6.07, 6.45) is 1.49. The molecule has 0 unspecified atom stereocenters. The molecule has 24 heavy (non-hydrogen) atoms. The third-order valence-electron chi connectivity index (χ3n) is 4.01. The number of aromatic nitrogens is 1. The molecule has 0 N–H and O–H groups in total. The van der Waals surface area contributed by atoms with E-state index in [1.807, 2.05) is 30.3 Å². The standard InChI is InChI=1S/C19H12FNO2S/c20-14-6-8-15(9-7-14)24(22,23)18-11-12-21-19-16-4-2-1-3-13(16)5-10-17(18)19/h1-12H. The van der Waals surface area contributed by atoms with Crippen LogP contribution in [0.5, 0.6) is 0 Å². The summed E-state index contributed by atoms with van der Waals surface area (Å²) in [7, 11) is -3.76. The van der Waals surface area contributed by atoms with Crippen molar-refractivity contribution >= 4 is 31.5 Å². The van der Waals surface area contributed by atoms with Gasteiger partial charge in [0.2, 0.25) is 9.84 Å². The monoisotopic (exact) mass is 337 g/mol. The molecule has 4 rings (SSSR count). The van der Waals surface area contributed by atoms with Crippen molar-refractivity contribution in [3.8, 4) is 0 Å². The number of nitrogens with zero attached hydrogens (tertiary/aromatic N) is 1. The molecule has 0 radical (unpaired) electrons. The Morgan fingerprint density at radius 2 is 1.54 bits per heavy atom. The number of benzene rings is 3. The predicted molar refractivity (Wildman–Crippen MR) is 91.1 cm³/mol. The van der Waals surface area contributed by atoms with Crippen LogP contribution in [-0.2, 0) is 9.84 Å². The van der Waals surface area contributed by atoms with Crippen molar-refractivity contribution in [1.29, 1.82) is 0 Å². The number of pyridine rings is 1. The lowest BCUT2D eigenvalue weighted by atomic mass is 10.1. The van der Waals surface area contributed by atoms with Crippen LogP contribution in [-0.4, -0.2) is 13.4 Å². The van der Waals surface area contributed by atoms with Gasteiger partial charge < -0.3 is 0 Å².